The van der Waals surface area contributed by atoms with Crippen molar-refractivity contribution in [2.45, 2.75) is 25.3 Å². The SMILES string of the molecule is COc1ccc([C@H]2CCCN2C(=O)CCOc2ccccc2)cc1OC. The summed E-state index contributed by atoms with van der Waals surface area (Å²) in [6.45, 7) is 1.17. The smallest absolute Gasteiger partial charge is 0.226 e. The number of carbonyl (C=O) groups excluding carboxylic acids is 1. The molecule has 5 nitrogen and oxygen atoms in total. The number of amides is 1. The van der Waals surface area contributed by atoms with Crippen molar-refractivity contribution in [2.24, 2.45) is 0 Å². The molecule has 2 aromatic rings. The van der Waals surface area contributed by atoms with Crippen molar-refractivity contribution >= 4 is 5.91 Å². The van der Waals surface area contributed by atoms with Crippen molar-refractivity contribution in [3.05, 3.63) is 54.1 Å². The van der Waals surface area contributed by atoms with Crippen LogP contribution in [0.3, 0.4) is 0 Å². The Balaban J connectivity index is 1.63. The van der Waals surface area contributed by atoms with E-state index in [0.29, 0.717) is 24.5 Å². The number of ether oxygens (including phenoxy) is 3. The van der Waals surface area contributed by atoms with Gasteiger partial charge in [0.2, 0.25) is 5.91 Å². The molecule has 0 radical (unpaired) electrons. The summed E-state index contributed by atoms with van der Waals surface area (Å²) in [5, 5.41) is 0. The van der Waals surface area contributed by atoms with Gasteiger partial charge < -0.3 is 19.1 Å². The topological polar surface area (TPSA) is 48.0 Å². The van der Waals surface area contributed by atoms with Crippen LogP contribution in [-0.4, -0.2) is 38.2 Å². The second-order valence-electron chi connectivity index (χ2n) is 6.27. The molecule has 2 aromatic carbocycles. The van der Waals surface area contributed by atoms with E-state index >= 15 is 0 Å². The first kappa shape index (κ1) is 18.1. The summed E-state index contributed by atoms with van der Waals surface area (Å²) in [6.07, 6.45) is 2.34. The molecule has 0 bridgehead atoms. The molecule has 1 aliphatic heterocycles. The molecule has 0 aliphatic carbocycles. The first-order chi connectivity index (χ1) is 12.7. The van der Waals surface area contributed by atoms with Gasteiger partial charge in [-0.2, -0.15) is 0 Å². The van der Waals surface area contributed by atoms with Crippen LogP contribution in [0.1, 0.15) is 30.9 Å². The number of hydrogen-bond acceptors (Lipinski definition) is 4. The fourth-order valence-electron chi connectivity index (χ4n) is 3.39. The minimum atomic E-state index is 0.0824. The number of likely N-dealkylation sites (tertiary alicyclic amines) is 1. The summed E-state index contributed by atoms with van der Waals surface area (Å²) >= 11 is 0. The normalized spacial score (nSPS) is 16.4. The van der Waals surface area contributed by atoms with Crippen LogP contribution in [0.15, 0.2) is 48.5 Å². The van der Waals surface area contributed by atoms with Gasteiger partial charge in [0.05, 0.1) is 33.3 Å². The number of carbonyl (C=O) groups is 1. The maximum Gasteiger partial charge on any atom is 0.226 e. The van der Waals surface area contributed by atoms with Gasteiger partial charge in [-0.3, -0.25) is 4.79 Å². The molecule has 1 amide bonds. The Labute approximate surface area is 154 Å². The Morgan fingerprint density at radius 3 is 2.58 bits per heavy atom. The summed E-state index contributed by atoms with van der Waals surface area (Å²) in [4.78, 5) is 14.6. The van der Waals surface area contributed by atoms with E-state index in [1.807, 2.05) is 53.4 Å². The van der Waals surface area contributed by atoms with Gasteiger partial charge in [-0.05, 0) is 42.7 Å². The summed E-state index contributed by atoms with van der Waals surface area (Å²) in [6, 6.07) is 15.5. The largest absolute Gasteiger partial charge is 0.493 e. The predicted octanol–water partition coefficient (Wildman–Crippen LogP) is 3.84. The Bertz CT molecular complexity index is 732. The molecule has 1 aliphatic rings. The molecule has 0 saturated carbocycles. The molecular weight excluding hydrogens is 330 g/mol. The molecule has 5 heteroatoms. The zero-order chi connectivity index (χ0) is 18.4. The highest BCUT2D eigenvalue weighted by atomic mass is 16.5. The molecule has 3 rings (SSSR count). The van der Waals surface area contributed by atoms with Gasteiger partial charge >= 0.3 is 0 Å². The van der Waals surface area contributed by atoms with Gasteiger partial charge in [-0.1, -0.05) is 24.3 Å². The quantitative estimate of drug-likeness (QED) is 0.757. The summed E-state index contributed by atoms with van der Waals surface area (Å²) in [5.74, 6) is 2.30. The van der Waals surface area contributed by atoms with E-state index in [9.17, 15) is 4.79 Å². The Morgan fingerprint density at radius 1 is 1.08 bits per heavy atom. The average Bonchev–Trinajstić information content (AvgIpc) is 3.18. The first-order valence-corrected chi connectivity index (χ1v) is 8.92. The first-order valence-electron chi connectivity index (χ1n) is 8.92. The molecule has 0 spiro atoms. The highest BCUT2D eigenvalue weighted by Crippen LogP contribution is 2.37. The van der Waals surface area contributed by atoms with E-state index < -0.39 is 0 Å². The second kappa shape index (κ2) is 8.61. The Morgan fingerprint density at radius 2 is 1.85 bits per heavy atom. The molecule has 0 unspecified atom stereocenters. The van der Waals surface area contributed by atoms with E-state index in [1.165, 1.54) is 0 Å². The third-order valence-electron chi connectivity index (χ3n) is 4.69. The number of para-hydroxylation sites is 1. The lowest BCUT2D eigenvalue weighted by Gasteiger charge is -2.26. The minimum Gasteiger partial charge on any atom is -0.493 e. The van der Waals surface area contributed by atoms with Gasteiger partial charge in [0.1, 0.15) is 5.75 Å². The summed E-state index contributed by atoms with van der Waals surface area (Å²) in [7, 11) is 3.25. The number of benzene rings is 2. The van der Waals surface area contributed by atoms with Gasteiger partial charge in [0.15, 0.2) is 11.5 Å². The van der Waals surface area contributed by atoms with E-state index in [-0.39, 0.29) is 11.9 Å². The standard InChI is InChI=1S/C21H25NO4/c1-24-19-11-10-16(15-20(19)25-2)18-9-6-13-22(18)21(23)12-14-26-17-7-4-3-5-8-17/h3-5,7-8,10-11,15,18H,6,9,12-14H2,1-2H3/t18-/m1/s1. The van der Waals surface area contributed by atoms with E-state index in [1.54, 1.807) is 14.2 Å². The molecule has 0 N–H and O–H groups in total. The van der Waals surface area contributed by atoms with Crippen LogP contribution in [0.5, 0.6) is 17.2 Å². The summed E-state index contributed by atoms with van der Waals surface area (Å²) in [5.41, 5.74) is 1.08. The van der Waals surface area contributed by atoms with Crippen molar-refractivity contribution in [2.75, 3.05) is 27.4 Å². The van der Waals surface area contributed by atoms with Crippen LogP contribution < -0.4 is 14.2 Å². The van der Waals surface area contributed by atoms with Gasteiger partial charge in [-0.15, -0.1) is 0 Å². The average molecular weight is 355 g/mol. The van der Waals surface area contributed by atoms with Crippen LogP contribution in [0.4, 0.5) is 0 Å². The lowest BCUT2D eigenvalue weighted by atomic mass is 10.0. The van der Waals surface area contributed by atoms with Crippen LogP contribution >= 0.6 is 0 Å². The monoisotopic (exact) mass is 355 g/mol. The van der Waals surface area contributed by atoms with E-state index in [2.05, 4.69) is 0 Å². The van der Waals surface area contributed by atoms with Crippen molar-refractivity contribution < 1.29 is 19.0 Å². The van der Waals surface area contributed by atoms with E-state index in [4.69, 9.17) is 14.2 Å². The maximum absolute atomic E-state index is 12.7. The molecule has 1 saturated heterocycles. The molecule has 1 atom stereocenters. The van der Waals surface area contributed by atoms with Crippen molar-refractivity contribution in [3.63, 3.8) is 0 Å². The predicted molar refractivity (Wildman–Crippen MR) is 99.8 cm³/mol. The fourth-order valence-corrected chi connectivity index (χ4v) is 3.39. The zero-order valence-electron chi connectivity index (χ0n) is 15.3. The molecule has 0 aromatic heterocycles. The van der Waals surface area contributed by atoms with Crippen molar-refractivity contribution in [1.29, 1.82) is 0 Å². The minimum absolute atomic E-state index is 0.0824. The Hall–Kier alpha value is -2.69. The Kier molecular flexibility index (Phi) is 6.00. The highest BCUT2D eigenvalue weighted by Gasteiger charge is 2.30. The summed E-state index contributed by atoms with van der Waals surface area (Å²) < 4.78 is 16.4. The number of nitrogens with zero attached hydrogens (tertiary/aromatic N) is 1. The third kappa shape index (κ3) is 4.10. The number of rotatable bonds is 7. The molecule has 26 heavy (non-hydrogen) atoms. The van der Waals surface area contributed by atoms with Crippen LogP contribution in [0, 0.1) is 0 Å². The van der Waals surface area contributed by atoms with Crippen LogP contribution in [0.25, 0.3) is 0 Å². The molecule has 1 heterocycles. The van der Waals surface area contributed by atoms with Crippen molar-refractivity contribution in [3.8, 4) is 17.2 Å². The second-order valence-corrected chi connectivity index (χ2v) is 6.27. The highest BCUT2D eigenvalue weighted by molar-refractivity contribution is 5.77. The lowest BCUT2D eigenvalue weighted by Crippen LogP contribution is -2.31. The van der Waals surface area contributed by atoms with E-state index in [0.717, 1.165) is 30.7 Å². The van der Waals surface area contributed by atoms with Crippen LogP contribution in [0.2, 0.25) is 0 Å². The molecule has 138 valence electrons. The van der Waals surface area contributed by atoms with Gasteiger partial charge in [-0.25, -0.2) is 0 Å². The van der Waals surface area contributed by atoms with Gasteiger partial charge in [0, 0.05) is 6.54 Å². The number of methoxy groups -OCH3 is 2. The molecular formula is C21H25NO4. The van der Waals surface area contributed by atoms with Crippen molar-refractivity contribution in [1.82, 2.24) is 4.90 Å². The van der Waals surface area contributed by atoms with Gasteiger partial charge in [0.25, 0.3) is 0 Å². The number of hydrogen-bond donors (Lipinski definition) is 0. The lowest BCUT2D eigenvalue weighted by molar-refractivity contribution is -0.132. The fraction of sp³-hybridized carbons (Fsp3) is 0.381. The van der Waals surface area contributed by atoms with Crippen LogP contribution in [-0.2, 0) is 4.79 Å². The zero-order valence-corrected chi connectivity index (χ0v) is 15.3. The maximum atomic E-state index is 12.7. The third-order valence-corrected chi connectivity index (χ3v) is 4.69. The molecule has 1 fully saturated rings.